The number of hydrogen-bond acceptors (Lipinski definition) is 5. The Bertz CT molecular complexity index is 1140. The summed E-state index contributed by atoms with van der Waals surface area (Å²) in [6.45, 7) is 2.86. The highest BCUT2D eigenvalue weighted by molar-refractivity contribution is 5.78. The van der Waals surface area contributed by atoms with Crippen LogP contribution in [0, 0.1) is 0 Å². The average molecular weight is 488 g/mol. The molecule has 7 nitrogen and oxygen atoms in total. The maximum absolute atomic E-state index is 12.9. The van der Waals surface area contributed by atoms with Gasteiger partial charge in [-0.15, -0.1) is 0 Å². The summed E-state index contributed by atoms with van der Waals surface area (Å²) in [6, 6.07) is 14.0. The van der Waals surface area contributed by atoms with Crippen LogP contribution in [0.1, 0.15) is 81.4 Å². The average Bonchev–Trinajstić information content (AvgIpc) is 3.41. The molecule has 0 bridgehead atoms. The van der Waals surface area contributed by atoms with Crippen molar-refractivity contribution >= 4 is 17.5 Å². The van der Waals surface area contributed by atoms with Crippen LogP contribution in [0.5, 0.6) is 0 Å². The van der Waals surface area contributed by atoms with Gasteiger partial charge < -0.3 is 15.6 Å². The monoisotopic (exact) mass is 487 g/mol. The molecule has 1 aliphatic rings. The first-order chi connectivity index (χ1) is 17.6. The first-order valence-electron chi connectivity index (χ1n) is 13.3. The van der Waals surface area contributed by atoms with E-state index in [0.29, 0.717) is 31.5 Å². The molecule has 1 aromatic carbocycles. The van der Waals surface area contributed by atoms with E-state index in [1.807, 2.05) is 49.5 Å². The molecule has 0 radical (unpaired) electrons. The van der Waals surface area contributed by atoms with Crippen LogP contribution >= 0.6 is 0 Å². The molecular formula is C29H37N5O2. The summed E-state index contributed by atoms with van der Waals surface area (Å²) in [7, 11) is 0. The molecule has 0 spiro atoms. The van der Waals surface area contributed by atoms with Crippen molar-refractivity contribution in [3.63, 3.8) is 0 Å². The highest BCUT2D eigenvalue weighted by Crippen LogP contribution is 2.23. The molecule has 0 saturated carbocycles. The van der Waals surface area contributed by atoms with E-state index >= 15 is 0 Å². The maximum atomic E-state index is 12.9. The second kappa shape index (κ2) is 13.0. The number of aromatic nitrogens is 3. The summed E-state index contributed by atoms with van der Waals surface area (Å²) >= 11 is 0. The molecule has 0 aliphatic carbocycles. The number of H-pyrrole nitrogens is 1. The van der Waals surface area contributed by atoms with Gasteiger partial charge in [0, 0.05) is 31.5 Å². The van der Waals surface area contributed by atoms with Crippen molar-refractivity contribution in [3.05, 3.63) is 65.7 Å². The molecule has 1 atom stereocenters. The molecule has 0 fully saturated rings. The van der Waals surface area contributed by atoms with Crippen molar-refractivity contribution in [2.45, 2.75) is 77.2 Å². The number of nitrogens with one attached hydrogen (secondary N) is 3. The number of hydrogen-bond donors (Lipinski definition) is 3. The van der Waals surface area contributed by atoms with Gasteiger partial charge in [0.25, 0.3) is 0 Å². The minimum Gasteiger partial charge on any atom is -0.370 e. The van der Waals surface area contributed by atoms with E-state index in [0.717, 1.165) is 73.7 Å². The van der Waals surface area contributed by atoms with Crippen LogP contribution in [-0.2, 0) is 22.4 Å². The number of amides is 1. The fourth-order valence-corrected chi connectivity index (χ4v) is 4.60. The lowest BCUT2D eigenvalue weighted by Gasteiger charge is -2.18. The Balaban J connectivity index is 1.36. The number of ketones is 1. The largest absolute Gasteiger partial charge is 0.370 e. The molecule has 36 heavy (non-hydrogen) atoms. The molecule has 3 N–H and O–H groups in total. The number of rotatable bonds is 13. The number of carbonyl (C=O) groups excluding carboxylic acids is 2. The lowest BCUT2D eigenvalue weighted by molar-refractivity contribution is -0.122. The SMILES string of the molecule is CCC(=O)CCCCC[C@H](NC(=O)CCc1ccc2c(n1)NCCC2)c1ncc(-c2ccccc2)[nH]1. The molecule has 3 aromatic rings. The fraction of sp³-hybridized carbons (Fsp3) is 0.448. The lowest BCUT2D eigenvalue weighted by Crippen LogP contribution is -2.29. The van der Waals surface area contributed by atoms with Crippen LogP contribution in [-0.4, -0.2) is 33.2 Å². The fourth-order valence-electron chi connectivity index (χ4n) is 4.60. The topological polar surface area (TPSA) is 99.8 Å². The molecular weight excluding hydrogens is 450 g/mol. The van der Waals surface area contributed by atoms with Gasteiger partial charge in [0.15, 0.2) is 0 Å². The van der Waals surface area contributed by atoms with Gasteiger partial charge in [-0.3, -0.25) is 9.59 Å². The number of aryl methyl sites for hydroxylation is 2. The molecule has 190 valence electrons. The van der Waals surface area contributed by atoms with Crippen molar-refractivity contribution in [3.8, 4) is 11.3 Å². The molecule has 2 aromatic heterocycles. The second-order valence-electron chi connectivity index (χ2n) is 9.50. The van der Waals surface area contributed by atoms with Crippen molar-refractivity contribution in [2.75, 3.05) is 11.9 Å². The number of imidazole rings is 1. The molecule has 0 unspecified atom stereocenters. The number of unbranched alkanes of at least 4 members (excludes halogenated alkanes) is 2. The molecule has 3 heterocycles. The zero-order valence-electron chi connectivity index (χ0n) is 21.2. The molecule has 4 rings (SSSR count). The molecule has 0 saturated heterocycles. The Kier molecular flexibility index (Phi) is 9.25. The summed E-state index contributed by atoms with van der Waals surface area (Å²) in [5.41, 5.74) is 4.18. The van der Waals surface area contributed by atoms with Gasteiger partial charge in [-0.2, -0.15) is 0 Å². The van der Waals surface area contributed by atoms with Crippen LogP contribution in [0.15, 0.2) is 48.7 Å². The Hall–Kier alpha value is -3.48. The van der Waals surface area contributed by atoms with Gasteiger partial charge in [0.05, 0.1) is 17.9 Å². The third-order valence-electron chi connectivity index (χ3n) is 6.75. The van der Waals surface area contributed by atoms with Crippen LogP contribution in [0.4, 0.5) is 5.82 Å². The molecule has 1 aliphatic heterocycles. The normalized spacial score (nSPS) is 13.5. The van der Waals surface area contributed by atoms with Crippen LogP contribution < -0.4 is 10.6 Å². The smallest absolute Gasteiger partial charge is 0.220 e. The van der Waals surface area contributed by atoms with Gasteiger partial charge >= 0.3 is 0 Å². The quantitative estimate of drug-likeness (QED) is 0.275. The van der Waals surface area contributed by atoms with Crippen molar-refractivity contribution in [1.29, 1.82) is 0 Å². The number of anilines is 1. The number of pyridine rings is 1. The van der Waals surface area contributed by atoms with Crippen molar-refractivity contribution < 1.29 is 9.59 Å². The van der Waals surface area contributed by atoms with Gasteiger partial charge in [-0.05, 0) is 49.3 Å². The minimum atomic E-state index is -0.199. The first kappa shape index (κ1) is 25.6. The van der Waals surface area contributed by atoms with Crippen molar-refractivity contribution in [2.24, 2.45) is 0 Å². The third-order valence-corrected chi connectivity index (χ3v) is 6.75. The third kappa shape index (κ3) is 7.26. The van der Waals surface area contributed by atoms with Gasteiger partial charge in [0.2, 0.25) is 5.91 Å². The number of benzene rings is 1. The Morgan fingerprint density at radius 3 is 2.75 bits per heavy atom. The summed E-state index contributed by atoms with van der Waals surface area (Å²) in [5.74, 6) is 2.03. The zero-order chi connectivity index (χ0) is 25.2. The predicted octanol–water partition coefficient (Wildman–Crippen LogP) is 5.55. The zero-order valence-corrected chi connectivity index (χ0v) is 21.2. The maximum Gasteiger partial charge on any atom is 0.220 e. The minimum absolute atomic E-state index is 0.00805. The Morgan fingerprint density at radius 2 is 1.92 bits per heavy atom. The Labute approximate surface area is 213 Å². The van der Waals surface area contributed by atoms with Crippen LogP contribution in [0.2, 0.25) is 0 Å². The number of carbonyl (C=O) groups is 2. The summed E-state index contributed by atoms with van der Waals surface area (Å²) < 4.78 is 0. The predicted molar refractivity (Wildman–Crippen MR) is 143 cm³/mol. The van der Waals surface area contributed by atoms with Gasteiger partial charge in [0.1, 0.15) is 17.4 Å². The summed E-state index contributed by atoms with van der Waals surface area (Å²) in [4.78, 5) is 37.3. The Morgan fingerprint density at radius 1 is 1.06 bits per heavy atom. The number of fused-ring (bicyclic) bond motifs is 1. The summed E-state index contributed by atoms with van der Waals surface area (Å²) in [6.07, 6.45) is 9.75. The summed E-state index contributed by atoms with van der Waals surface area (Å²) in [5, 5.41) is 6.56. The van der Waals surface area contributed by atoms with Crippen LogP contribution in [0.25, 0.3) is 11.3 Å². The number of aromatic amines is 1. The highest BCUT2D eigenvalue weighted by atomic mass is 16.1. The van der Waals surface area contributed by atoms with E-state index in [9.17, 15) is 9.59 Å². The van der Waals surface area contributed by atoms with E-state index in [2.05, 4.69) is 26.7 Å². The number of nitrogens with zero attached hydrogens (tertiary/aromatic N) is 2. The van der Waals surface area contributed by atoms with E-state index in [-0.39, 0.29) is 11.9 Å². The second-order valence-corrected chi connectivity index (χ2v) is 9.50. The van der Waals surface area contributed by atoms with E-state index in [1.165, 1.54) is 5.56 Å². The lowest BCUT2D eigenvalue weighted by atomic mass is 10.0. The van der Waals surface area contributed by atoms with Crippen molar-refractivity contribution in [1.82, 2.24) is 20.3 Å². The van der Waals surface area contributed by atoms with Crippen LogP contribution in [0.3, 0.4) is 0 Å². The highest BCUT2D eigenvalue weighted by Gasteiger charge is 2.19. The van der Waals surface area contributed by atoms with E-state index in [4.69, 9.17) is 4.98 Å². The van der Waals surface area contributed by atoms with Gasteiger partial charge in [-0.1, -0.05) is 56.2 Å². The molecule has 1 amide bonds. The first-order valence-corrected chi connectivity index (χ1v) is 13.3. The standard InChI is InChI=1S/C29H37N5O2/c1-2-24(35)13-7-4-8-14-25(29-31-20-26(34-29)21-10-5-3-6-11-21)33-27(36)18-17-23-16-15-22-12-9-19-30-28(22)32-23/h3,5-6,10-11,15-16,20,25H,2,4,7-9,12-14,17-19H2,1H3,(H,30,32)(H,31,34)(H,33,36)/t25-/m0/s1. The molecule has 7 heteroatoms. The van der Waals surface area contributed by atoms with E-state index < -0.39 is 0 Å². The van der Waals surface area contributed by atoms with Gasteiger partial charge in [-0.25, -0.2) is 9.97 Å². The van der Waals surface area contributed by atoms with E-state index in [1.54, 1.807) is 0 Å². The number of Topliss-reactive ketones (excluding diaryl/α,β-unsaturated/α-hetero) is 1.